The maximum atomic E-state index is 12.9. The molecule has 2 aromatic rings. The van der Waals surface area contributed by atoms with Crippen LogP contribution < -0.4 is 5.32 Å². The van der Waals surface area contributed by atoms with E-state index in [0.717, 1.165) is 23.4 Å². The molecule has 0 bridgehead atoms. The average molecular weight is 355 g/mol. The largest absolute Gasteiger partial charge is 0.342 e. The van der Waals surface area contributed by atoms with Gasteiger partial charge in [0.15, 0.2) is 0 Å². The fourth-order valence-corrected chi connectivity index (χ4v) is 3.24. The minimum absolute atomic E-state index is 0.0473. The van der Waals surface area contributed by atoms with Gasteiger partial charge in [0.2, 0.25) is 5.91 Å². The molecule has 0 saturated carbocycles. The van der Waals surface area contributed by atoms with Crippen LogP contribution in [0.3, 0.4) is 0 Å². The van der Waals surface area contributed by atoms with Crippen LogP contribution in [0.15, 0.2) is 30.3 Å². The first-order valence-corrected chi connectivity index (χ1v) is 8.90. The van der Waals surface area contributed by atoms with Crippen molar-refractivity contribution in [2.45, 2.75) is 33.2 Å². The second-order valence-electron chi connectivity index (χ2n) is 6.58. The van der Waals surface area contributed by atoms with Crippen molar-refractivity contribution >= 4 is 17.8 Å². The Bertz CT molecular complexity index is 815. The van der Waals surface area contributed by atoms with Gasteiger partial charge in [-0.3, -0.25) is 10.1 Å². The number of carbonyl (C=O) groups is 2. The molecule has 0 aliphatic carbocycles. The number of para-hydroxylation sites is 1. The van der Waals surface area contributed by atoms with Crippen LogP contribution in [0.25, 0.3) is 5.69 Å². The quantitative estimate of drug-likeness (QED) is 0.919. The lowest BCUT2D eigenvalue weighted by atomic mass is 10.2. The summed E-state index contributed by atoms with van der Waals surface area (Å²) in [6.07, 6.45) is 0.776. The van der Waals surface area contributed by atoms with E-state index in [9.17, 15) is 9.59 Å². The molecular formula is C19H25N5O2. The molecule has 0 radical (unpaired) electrons. The first kappa shape index (κ1) is 18.0. The number of nitrogens with one attached hydrogen (secondary N) is 1. The van der Waals surface area contributed by atoms with Crippen LogP contribution in [0.2, 0.25) is 0 Å². The van der Waals surface area contributed by atoms with Crippen LogP contribution in [0.1, 0.15) is 25.1 Å². The Morgan fingerprint density at radius 2 is 1.96 bits per heavy atom. The Hall–Kier alpha value is -2.83. The lowest BCUT2D eigenvalue weighted by Crippen LogP contribution is -2.57. The summed E-state index contributed by atoms with van der Waals surface area (Å²) in [4.78, 5) is 28.3. The van der Waals surface area contributed by atoms with Crippen LogP contribution in [0.4, 0.5) is 10.6 Å². The number of benzene rings is 1. The van der Waals surface area contributed by atoms with Crippen molar-refractivity contribution in [3.63, 3.8) is 0 Å². The fourth-order valence-electron chi connectivity index (χ4n) is 3.24. The van der Waals surface area contributed by atoms with Crippen LogP contribution in [-0.4, -0.2) is 57.7 Å². The summed E-state index contributed by atoms with van der Waals surface area (Å²) in [6.45, 7) is 6.80. The lowest BCUT2D eigenvalue weighted by Gasteiger charge is -2.37. The first-order valence-electron chi connectivity index (χ1n) is 8.90. The molecule has 0 spiro atoms. The van der Waals surface area contributed by atoms with Gasteiger partial charge in [-0.05, 0) is 32.4 Å². The number of hydrogen-bond donors (Lipinski definition) is 1. The maximum absolute atomic E-state index is 12.9. The third-order valence-electron chi connectivity index (χ3n) is 4.92. The van der Waals surface area contributed by atoms with Gasteiger partial charge in [-0.1, -0.05) is 25.1 Å². The van der Waals surface area contributed by atoms with Crippen molar-refractivity contribution in [1.82, 2.24) is 19.6 Å². The summed E-state index contributed by atoms with van der Waals surface area (Å²) in [5.74, 6) is 0.602. The number of nitrogens with zero attached hydrogens (tertiary/aromatic N) is 4. The molecule has 0 unspecified atom stereocenters. The zero-order valence-corrected chi connectivity index (χ0v) is 15.7. The van der Waals surface area contributed by atoms with Gasteiger partial charge in [0.05, 0.1) is 11.4 Å². The van der Waals surface area contributed by atoms with E-state index >= 15 is 0 Å². The topological polar surface area (TPSA) is 70.5 Å². The maximum Gasteiger partial charge on any atom is 0.323 e. The second kappa shape index (κ2) is 7.19. The second-order valence-corrected chi connectivity index (χ2v) is 6.58. The van der Waals surface area contributed by atoms with Gasteiger partial charge in [0.1, 0.15) is 11.9 Å². The zero-order valence-electron chi connectivity index (χ0n) is 15.7. The molecule has 1 aromatic heterocycles. The number of carbonyl (C=O) groups excluding carboxylic acids is 2. The van der Waals surface area contributed by atoms with E-state index in [1.54, 1.807) is 28.5 Å². The molecule has 138 valence electrons. The molecule has 3 rings (SSSR count). The predicted molar refractivity (Wildman–Crippen MR) is 101 cm³/mol. The number of urea groups is 1. The molecule has 7 heteroatoms. The summed E-state index contributed by atoms with van der Waals surface area (Å²) in [6, 6.07) is 8.95. The Morgan fingerprint density at radius 3 is 2.62 bits per heavy atom. The van der Waals surface area contributed by atoms with Gasteiger partial charge in [0.25, 0.3) is 0 Å². The van der Waals surface area contributed by atoms with E-state index in [4.69, 9.17) is 0 Å². The van der Waals surface area contributed by atoms with E-state index in [1.165, 1.54) is 0 Å². The van der Waals surface area contributed by atoms with Crippen molar-refractivity contribution in [3.05, 3.63) is 41.6 Å². The number of aromatic nitrogens is 2. The third-order valence-corrected chi connectivity index (χ3v) is 4.92. The number of likely N-dealkylation sites (N-methyl/N-ethyl adjacent to an activating group) is 1. The molecule has 3 amide bonds. The first-order chi connectivity index (χ1) is 12.4. The summed E-state index contributed by atoms with van der Waals surface area (Å²) in [7, 11) is 1.76. The van der Waals surface area contributed by atoms with Crippen molar-refractivity contribution in [1.29, 1.82) is 0 Å². The highest BCUT2D eigenvalue weighted by atomic mass is 16.2. The van der Waals surface area contributed by atoms with Crippen molar-refractivity contribution < 1.29 is 9.59 Å². The molecule has 1 N–H and O–H groups in total. The van der Waals surface area contributed by atoms with E-state index in [0.29, 0.717) is 18.9 Å². The number of aryl methyl sites for hydroxylation is 1. The van der Waals surface area contributed by atoms with Crippen LogP contribution in [0, 0.1) is 6.92 Å². The van der Waals surface area contributed by atoms with Gasteiger partial charge < -0.3 is 9.80 Å². The van der Waals surface area contributed by atoms with E-state index in [1.807, 2.05) is 44.2 Å². The Labute approximate surface area is 153 Å². The number of piperazine rings is 1. The summed E-state index contributed by atoms with van der Waals surface area (Å²) >= 11 is 0. The van der Waals surface area contributed by atoms with Gasteiger partial charge in [-0.15, -0.1) is 0 Å². The fraction of sp³-hybridized carbons (Fsp3) is 0.421. The van der Waals surface area contributed by atoms with E-state index < -0.39 is 6.04 Å². The van der Waals surface area contributed by atoms with Gasteiger partial charge in [-0.2, -0.15) is 5.10 Å². The zero-order chi connectivity index (χ0) is 18.8. The molecule has 1 aromatic carbocycles. The molecule has 1 aliphatic heterocycles. The molecule has 1 aliphatic rings. The van der Waals surface area contributed by atoms with Crippen molar-refractivity contribution in [2.24, 2.45) is 0 Å². The Balaban J connectivity index is 1.91. The van der Waals surface area contributed by atoms with Crippen molar-refractivity contribution in [2.75, 3.05) is 25.5 Å². The molecule has 7 nitrogen and oxygen atoms in total. The van der Waals surface area contributed by atoms with Crippen LogP contribution in [-0.2, 0) is 11.2 Å². The Kier molecular flexibility index (Phi) is 4.97. The number of rotatable bonds is 3. The smallest absolute Gasteiger partial charge is 0.323 e. The summed E-state index contributed by atoms with van der Waals surface area (Å²) < 4.78 is 1.76. The molecule has 1 atom stereocenters. The molecule has 1 fully saturated rings. The van der Waals surface area contributed by atoms with E-state index in [-0.39, 0.29) is 11.9 Å². The normalized spacial score (nSPS) is 17.5. The summed E-state index contributed by atoms with van der Waals surface area (Å²) in [5.41, 5.74) is 2.76. The molecule has 1 saturated heterocycles. The van der Waals surface area contributed by atoms with Gasteiger partial charge in [0, 0.05) is 25.7 Å². The van der Waals surface area contributed by atoms with Crippen LogP contribution >= 0.6 is 0 Å². The predicted octanol–water partition coefficient (Wildman–Crippen LogP) is 2.44. The van der Waals surface area contributed by atoms with E-state index in [2.05, 4.69) is 10.4 Å². The lowest BCUT2D eigenvalue weighted by molar-refractivity contribution is -0.137. The highest BCUT2D eigenvalue weighted by Gasteiger charge is 2.33. The highest BCUT2D eigenvalue weighted by molar-refractivity contribution is 5.94. The van der Waals surface area contributed by atoms with Crippen LogP contribution in [0.5, 0.6) is 0 Å². The number of hydrogen-bond acceptors (Lipinski definition) is 3. The minimum atomic E-state index is -0.479. The standard InChI is InChI=1S/C19H25N5O2/c1-5-16-13(2)17(24(21-16)15-9-7-6-8-10-15)20-19(26)23-12-11-22(4)18(25)14(23)3/h6-10,14H,5,11-12H2,1-4H3,(H,20,26)/t14-/m1/s1. The van der Waals surface area contributed by atoms with Gasteiger partial charge in [-0.25, -0.2) is 9.48 Å². The highest BCUT2D eigenvalue weighted by Crippen LogP contribution is 2.24. The van der Waals surface area contributed by atoms with Gasteiger partial charge >= 0.3 is 6.03 Å². The Morgan fingerprint density at radius 1 is 1.27 bits per heavy atom. The van der Waals surface area contributed by atoms with Crippen molar-refractivity contribution in [3.8, 4) is 5.69 Å². The third kappa shape index (κ3) is 3.16. The molecule has 2 heterocycles. The minimum Gasteiger partial charge on any atom is -0.342 e. The molecular weight excluding hydrogens is 330 g/mol. The number of anilines is 1. The monoisotopic (exact) mass is 355 g/mol. The SMILES string of the molecule is CCc1nn(-c2ccccc2)c(NC(=O)N2CCN(C)C(=O)[C@H]2C)c1C. The summed E-state index contributed by atoms with van der Waals surface area (Å²) in [5, 5.41) is 7.64. The average Bonchev–Trinajstić information content (AvgIpc) is 2.96. The number of amides is 3. The molecule has 26 heavy (non-hydrogen) atoms.